The van der Waals surface area contributed by atoms with E-state index in [2.05, 4.69) is 5.32 Å². The second-order valence-electron chi connectivity index (χ2n) is 4.99. The van der Waals surface area contributed by atoms with Crippen LogP contribution >= 0.6 is 11.6 Å². The van der Waals surface area contributed by atoms with Crippen molar-refractivity contribution in [3.63, 3.8) is 0 Å². The third kappa shape index (κ3) is 4.00. The standard InChI is InChI=1S/C17H18ClNO3/c1-11(16(20)12-6-8-14(18)9-7-12)19-17(21)13-4-3-5-15(10-13)22-2/h3-11,16,20H,1-2H3,(H,19,21). The van der Waals surface area contributed by atoms with Gasteiger partial charge in [-0.25, -0.2) is 0 Å². The average Bonchev–Trinajstić information content (AvgIpc) is 2.54. The monoisotopic (exact) mass is 319 g/mol. The number of hydrogen-bond acceptors (Lipinski definition) is 3. The van der Waals surface area contributed by atoms with E-state index >= 15 is 0 Å². The molecular formula is C17H18ClNO3. The Balaban J connectivity index is 2.05. The molecule has 0 aliphatic heterocycles. The van der Waals surface area contributed by atoms with Gasteiger partial charge in [0.1, 0.15) is 5.75 Å². The van der Waals surface area contributed by atoms with Crippen LogP contribution < -0.4 is 10.1 Å². The molecule has 4 nitrogen and oxygen atoms in total. The Hall–Kier alpha value is -2.04. The molecule has 0 saturated carbocycles. The summed E-state index contributed by atoms with van der Waals surface area (Å²) in [5.74, 6) is 0.345. The molecule has 1 amide bonds. The van der Waals surface area contributed by atoms with E-state index in [4.69, 9.17) is 16.3 Å². The van der Waals surface area contributed by atoms with Crippen LogP contribution in [0.15, 0.2) is 48.5 Å². The first-order valence-corrected chi connectivity index (χ1v) is 7.27. The van der Waals surface area contributed by atoms with E-state index in [1.165, 1.54) is 0 Å². The molecule has 2 rings (SSSR count). The molecule has 2 unspecified atom stereocenters. The minimum atomic E-state index is -0.813. The summed E-state index contributed by atoms with van der Waals surface area (Å²) >= 11 is 5.83. The lowest BCUT2D eigenvalue weighted by atomic mass is 10.0. The van der Waals surface area contributed by atoms with Crippen LogP contribution in [0.4, 0.5) is 0 Å². The van der Waals surface area contributed by atoms with E-state index in [1.54, 1.807) is 62.6 Å². The molecule has 0 saturated heterocycles. The molecule has 0 bridgehead atoms. The van der Waals surface area contributed by atoms with Crippen LogP contribution in [0.1, 0.15) is 28.9 Å². The Bertz CT molecular complexity index is 643. The van der Waals surface area contributed by atoms with Crippen molar-refractivity contribution in [2.45, 2.75) is 19.1 Å². The highest BCUT2D eigenvalue weighted by Gasteiger charge is 2.19. The van der Waals surface area contributed by atoms with Crippen molar-refractivity contribution in [2.24, 2.45) is 0 Å². The van der Waals surface area contributed by atoms with Gasteiger partial charge in [0.15, 0.2) is 0 Å². The van der Waals surface area contributed by atoms with E-state index in [9.17, 15) is 9.90 Å². The average molecular weight is 320 g/mol. The zero-order valence-electron chi connectivity index (χ0n) is 12.4. The zero-order valence-corrected chi connectivity index (χ0v) is 13.2. The van der Waals surface area contributed by atoms with Gasteiger partial charge in [0.05, 0.1) is 19.3 Å². The van der Waals surface area contributed by atoms with Gasteiger partial charge in [-0.15, -0.1) is 0 Å². The van der Waals surface area contributed by atoms with Crippen LogP contribution in [0.5, 0.6) is 5.75 Å². The maximum Gasteiger partial charge on any atom is 0.251 e. The zero-order chi connectivity index (χ0) is 16.1. The second kappa shape index (κ2) is 7.29. The summed E-state index contributed by atoms with van der Waals surface area (Å²) in [5, 5.41) is 13.7. The first-order valence-electron chi connectivity index (χ1n) is 6.89. The van der Waals surface area contributed by atoms with Crippen LogP contribution in [-0.4, -0.2) is 24.2 Å². The van der Waals surface area contributed by atoms with Crippen molar-refractivity contribution in [2.75, 3.05) is 7.11 Å². The highest BCUT2D eigenvalue weighted by Crippen LogP contribution is 2.20. The molecule has 22 heavy (non-hydrogen) atoms. The summed E-state index contributed by atoms with van der Waals surface area (Å²) in [5.41, 5.74) is 1.18. The summed E-state index contributed by atoms with van der Waals surface area (Å²) in [4.78, 5) is 12.2. The summed E-state index contributed by atoms with van der Waals surface area (Å²) in [7, 11) is 1.55. The van der Waals surface area contributed by atoms with Crippen molar-refractivity contribution in [3.05, 3.63) is 64.7 Å². The maximum atomic E-state index is 12.2. The van der Waals surface area contributed by atoms with E-state index in [-0.39, 0.29) is 5.91 Å². The van der Waals surface area contributed by atoms with Crippen LogP contribution in [0, 0.1) is 0 Å². The largest absolute Gasteiger partial charge is 0.497 e. The predicted octanol–water partition coefficient (Wildman–Crippen LogP) is 3.20. The summed E-state index contributed by atoms with van der Waals surface area (Å²) in [6.07, 6.45) is -0.813. The first kappa shape index (κ1) is 16.3. The first-order chi connectivity index (χ1) is 10.5. The Labute approximate surface area is 134 Å². The minimum Gasteiger partial charge on any atom is -0.497 e. The number of aliphatic hydroxyl groups is 1. The van der Waals surface area contributed by atoms with Crippen LogP contribution in [0.3, 0.4) is 0 Å². The molecule has 0 fully saturated rings. The van der Waals surface area contributed by atoms with E-state index in [0.29, 0.717) is 21.9 Å². The number of carbonyl (C=O) groups excluding carboxylic acids is 1. The van der Waals surface area contributed by atoms with Gasteiger partial charge < -0.3 is 15.2 Å². The predicted molar refractivity (Wildman–Crippen MR) is 86.3 cm³/mol. The van der Waals surface area contributed by atoms with Crippen molar-refractivity contribution in [1.82, 2.24) is 5.32 Å². The van der Waals surface area contributed by atoms with Gasteiger partial charge in [-0.2, -0.15) is 0 Å². The molecule has 2 aromatic carbocycles. The molecule has 5 heteroatoms. The van der Waals surface area contributed by atoms with Gasteiger partial charge in [0.25, 0.3) is 5.91 Å². The van der Waals surface area contributed by atoms with Crippen LogP contribution in [-0.2, 0) is 0 Å². The third-order valence-electron chi connectivity index (χ3n) is 3.38. The molecule has 116 valence electrons. The number of carbonyl (C=O) groups is 1. The molecule has 0 radical (unpaired) electrons. The molecule has 0 aliphatic rings. The number of amides is 1. The van der Waals surface area contributed by atoms with Gasteiger partial charge in [0, 0.05) is 10.6 Å². The number of aliphatic hydroxyl groups excluding tert-OH is 1. The molecule has 2 N–H and O–H groups in total. The van der Waals surface area contributed by atoms with Gasteiger partial charge in [-0.1, -0.05) is 29.8 Å². The van der Waals surface area contributed by atoms with Crippen molar-refractivity contribution in [1.29, 1.82) is 0 Å². The minimum absolute atomic E-state index is 0.264. The van der Waals surface area contributed by atoms with Crippen molar-refractivity contribution < 1.29 is 14.6 Å². The topological polar surface area (TPSA) is 58.6 Å². The number of rotatable bonds is 5. The van der Waals surface area contributed by atoms with E-state index in [1.807, 2.05) is 0 Å². The van der Waals surface area contributed by atoms with Gasteiger partial charge in [0.2, 0.25) is 0 Å². The summed E-state index contributed by atoms with van der Waals surface area (Å²) < 4.78 is 5.10. The lowest BCUT2D eigenvalue weighted by molar-refractivity contribution is 0.0852. The summed E-state index contributed by atoms with van der Waals surface area (Å²) in [6, 6.07) is 13.3. The maximum absolute atomic E-state index is 12.2. The Morgan fingerprint density at radius 2 is 1.91 bits per heavy atom. The number of hydrogen-bond donors (Lipinski definition) is 2. The summed E-state index contributed by atoms with van der Waals surface area (Å²) in [6.45, 7) is 1.75. The Kier molecular flexibility index (Phi) is 5.41. The normalized spacial score (nSPS) is 13.3. The third-order valence-corrected chi connectivity index (χ3v) is 3.63. The van der Waals surface area contributed by atoms with Crippen LogP contribution in [0.2, 0.25) is 5.02 Å². The quantitative estimate of drug-likeness (QED) is 0.889. The molecule has 0 heterocycles. The second-order valence-corrected chi connectivity index (χ2v) is 5.43. The smallest absolute Gasteiger partial charge is 0.251 e. The van der Waals surface area contributed by atoms with Crippen LogP contribution in [0.25, 0.3) is 0 Å². The van der Waals surface area contributed by atoms with Gasteiger partial charge in [-0.05, 0) is 42.8 Å². The molecule has 2 aromatic rings. The molecule has 0 aromatic heterocycles. The highest BCUT2D eigenvalue weighted by molar-refractivity contribution is 6.30. The Morgan fingerprint density at radius 1 is 1.23 bits per heavy atom. The molecule has 0 aliphatic carbocycles. The van der Waals surface area contributed by atoms with E-state index < -0.39 is 12.1 Å². The van der Waals surface area contributed by atoms with E-state index in [0.717, 1.165) is 0 Å². The number of nitrogens with one attached hydrogen (secondary N) is 1. The number of halogens is 1. The van der Waals surface area contributed by atoms with Gasteiger partial charge >= 0.3 is 0 Å². The fourth-order valence-electron chi connectivity index (χ4n) is 2.08. The number of benzene rings is 2. The molecule has 0 spiro atoms. The highest BCUT2D eigenvalue weighted by atomic mass is 35.5. The fraction of sp³-hybridized carbons (Fsp3) is 0.235. The van der Waals surface area contributed by atoms with Crippen molar-refractivity contribution >= 4 is 17.5 Å². The Morgan fingerprint density at radius 3 is 2.55 bits per heavy atom. The van der Waals surface area contributed by atoms with Crippen molar-refractivity contribution in [3.8, 4) is 5.75 Å². The number of ether oxygens (including phenoxy) is 1. The molecular weight excluding hydrogens is 302 g/mol. The SMILES string of the molecule is COc1cccc(C(=O)NC(C)C(O)c2ccc(Cl)cc2)c1. The number of methoxy groups -OCH3 is 1. The molecule has 2 atom stereocenters. The van der Waals surface area contributed by atoms with Gasteiger partial charge in [-0.3, -0.25) is 4.79 Å². The lowest BCUT2D eigenvalue weighted by Gasteiger charge is -2.21. The fourth-order valence-corrected chi connectivity index (χ4v) is 2.21. The lowest BCUT2D eigenvalue weighted by Crippen LogP contribution is -2.37.